The lowest BCUT2D eigenvalue weighted by atomic mass is 10.1. The molecule has 182 valence electrons. The summed E-state index contributed by atoms with van der Waals surface area (Å²) < 4.78 is 35.4. The highest BCUT2D eigenvalue weighted by molar-refractivity contribution is 7.48. The molecule has 0 saturated carbocycles. The predicted octanol–water partition coefficient (Wildman–Crippen LogP) is 1.75. The largest absolute Gasteiger partial charge is 0.475 e. The number of halogens is 1. The molecule has 1 unspecified atom stereocenters. The Kier molecular flexibility index (Phi) is 6.97. The number of hydrogen-bond donors (Lipinski definition) is 3. The van der Waals surface area contributed by atoms with E-state index >= 15 is 0 Å². The maximum Gasteiger partial charge on any atom is 0.475 e. The second-order valence-electron chi connectivity index (χ2n) is 7.48. The van der Waals surface area contributed by atoms with Crippen molar-refractivity contribution in [2.45, 2.75) is 36.7 Å². The number of hydrogen-bond acceptors (Lipinski definition) is 10. The van der Waals surface area contributed by atoms with Crippen LogP contribution in [0.4, 0.5) is 0 Å². The third kappa shape index (κ3) is 4.82. The molecule has 0 spiro atoms. The molecule has 0 radical (unpaired) electrons. The second-order valence-corrected chi connectivity index (χ2v) is 9.54. The van der Waals surface area contributed by atoms with Crippen molar-refractivity contribution in [3.8, 4) is 0 Å². The lowest BCUT2D eigenvalue weighted by Crippen LogP contribution is -2.45. The highest BCUT2D eigenvalue weighted by atomic mass is 35.5. The molecule has 16 heteroatoms. The number of aromatic amines is 1. The van der Waals surface area contributed by atoms with E-state index in [9.17, 15) is 24.4 Å². The van der Waals surface area contributed by atoms with Gasteiger partial charge in [-0.05, 0) is 23.2 Å². The van der Waals surface area contributed by atoms with Crippen LogP contribution in [0, 0.1) is 0 Å². The third-order valence-electron chi connectivity index (χ3n) is 5.30. The molecule has 1 aromatic carbocycles. The molecule has 2 aromatic rings. The summed E-state index contributed by atoms with van der Waals surface area (Å²) in [5, 5.41) is 25.0. The topological polar surface area (TPSA) is 198 Å². The van der Waals surface area contributed by atoms with Gasteiger partial charge in [-0.25, -0.2) is 9.36 Å². The summed E-state index contributed by atoms with van der Waals surface area (Å²) >= 11 is 5.89. The molecule has 0 amide bonds. The molecule has 0 bridgehead atoms. The van der Waals surface area contributed by atoms with Gasteiger partial charge in [-0.1, -0.05) is 28.8 Å². The molecule has 6 atom stereocenters. The molecule has 2 saturated heterocycles. The normalized spacial score (nSPS) is 33.4. The maximum absolute atomic E-state index is 13.1. The summed E-state index contributed by atoms with van der Waals surface area (Å²) in [5.41, 5.74) is 5.76. The summed E-state index contributed by atoms with van der Waals surface area (Å²) in [6.07, 6.45) is -4.51. The van der Waals surface area contributed by atoms with Gasteiger partial charge in [-0.2, -0.15) is 0 Å². The third-order valence-corrected chi connectivity index (χ3v) is 7.01. The molecule has 14 nitrogen and oxygen atoms in total. The van der Waals surface area contributed by atoms with Crippen LogP contribution in [0.3, 0.4) is 0 Å². The van der Waals surface area contributed by atoms with Crippen LogP contribution in [-0.2, 0) is 22.9 Å². The summed E-state index contributed by atoms with van der Waals surface area (Å²) in [4.78, 5) is 28.0. The predicted molar refractivity (Wildman–Crippen MR) is 115 cm³/mol. The van der Waals surface area contributed by atoms with Crippen molar-refractivity contribution < 1.29 is 33.1 Å². The molecule has 3 N–H and O–H groups in total. The van der Waals surface area contributed by atoms with Crippen molar-refractivity contribution in [3.63, 3.8) is 0 Å². The zero-order chi connectivity index (χ0) is 24.5. The summed E-state index contributed by atoms with van der Waals surface area (Å²) in [7, 11) is -4.22. The first kappa shape index (κ1) is 24.6. The first-order chi connectivity index (χ1) is 16.2. The van der Waals surface area contributed by atoms with Crippen molar-refractivity contribution in [1.82, 2.24) is 9.55 Å². The quantitative estimate of drug-likeness (QED) is 0.222. The number of aromatic nitrogens is 2. The zero-order valence-electron chi connectivity index (χ0n) is 17.3. The Morgan fingerprint density at radius 1 is 1.32 bits per heavy atom. The van der Waals surface area contributed by atoms with Gasteiger partial charge in [0, 0.05) is 28.6 Å². The fourth-order valence-corrected chi connectivity index (χ4v) is 5.11. The molecule has 34 heavy (non-hydrogen) atoms. The first-order valence-electron chi connectivity index (χ1n) is 9.91. The minimum atomic E-state index is -4.22. The molecule has 2 aliphatic heterocycles. The Hall–Kier alpha value is -2.51. The highest BCUT2D eigenvalue weighted by Crippen LogP contribution is 2.58. The Labute approximate surface area is 195 Å². The van der Waals surface area contributed by atoms with Crippen LogP contribution in [0.1, 0.15) is 24.3 Å². The van der Waals surface area contributed by atoms with Gasteiger partial charge in [0.05, 0.1) is 19.3 Å². The Bertz CT molecular complexity index is 1260. The molecule has 2 fully saturated rings. The van der Waals surface area contributed by atoms with Crippen LogP contribution in [0.2, 0.25) is 5.02 Å². The molecular formula is C18H19ClN5O9P. The minimum Gasteiger partial charge on any atom is -0.387 e. The number of nitrogens with zero attached hydrogens (tertiary/aromatic N) is 4. The number of phosphoric ester groups is 1. The number of azide groups is 1. The van der Waals surface area contributed by atoms with Crippen LogP contribution < -0.4 is 11.2 Å². The van der Waals surface area contributed by atoms with E-state index in [1.165, 1.54) is 0 Å². The standard InChI is InChI=1S/C18H19ClN5O9P/c19-11-3-1-10(2-4-11)12-6-8-30-34(29,33-12)31-9-18(22-23-20)15(27)14(26)16(32-18)24-7-5-13(25)21-17(24)28/h1-5,7,12,14-16,26-27H,6,8-9H2,(H,21,25,28)/t12-,14+,15-,16+,18+,34?/m0/s1. The summed E-state index contributed by atoms with van der Waals surface area (Å²) in [5.74, 6) is 0. The smallest absolute Gasteiger partial charge is 0.387 e. The number of rotatable bonds is 6. The van der Waals surface area contributed by atoms with E-state index in [0.717, 1.165) is 16.8 Å². The van der Waals surface area contributed by atoms with E-state index in [0.29, 0.717) is 17.0 Å². The number of H-pyrrole nitrogens is 1. The van der Waals surface area contributed by atoms with E-state index in [2.05, 4.69) is 10.0 Å². The van der Waals surface area contributed by atoms with Gasteiger partial charge in [0.25, 0.3) is 5.56 Å². The Morgan fingerprint density at radius 2 is 2.06 bits per heavy atom. The second kappa shape index (κ2) is 9.62. The maximum atomic E-state index is 13.1. The van der Waals surface area contributed by atoms with Crippen LogP contribution >= 0.6 is 19.4 Å². The van der Waals surface area contributed by atoms with E-state index in [1.807, 2.05) is 4.98 Å². The fourth-order valence-electron chi connectivity index (χ4n) is 3.58. The van der Waals surface area contributed by atoms with Crippen LogP contribution in [-0.4, -0.2) is 50.9 Å². The van der Waals surface area contributed by atoms with Crippen molar-refractivity contribution in [2.75, 3.05) is 13.2 Å². The van der Waals surface area contributed by atoms with Crippen molar-refractivity contribution in [3.05, 3.63) is 78.4 Å². The van der Waals surface area contributed by atoms with Gasteiger partial charge >= 0.3 is 13.5 Å². The average Bonchev–Trinajstić information content (AvgIpc) is 3.04. The molecule has 0 aliphatic carbocycles. The van der Waals surface area contributed by atoms with Gasteiger partial charge in [-0.15, -0.1) is 0 Å². The number of benzene rings is 1. The van der Waals surface area contributed by atoms with Gasteiger partial charge < -0.3 is 14.9 Å². The van der Waals surface area contributed by atoms with Crippen LogP contribution in [0.5, 0.6) is 0 Å². The van der Waals surface area contributed by atoms with Crippen molar-refractivity contribution >= 4 is 19.4 Å². The monoisotopic (exact) mass is 515 g/mol. The van der Waals surface area contributed by atoms with Crippen LogP contribution in [0.25, 0.3) is 10.4 Å². The Balaban J connectivity index is 1.55. The van der Waals surface area contributed by atoms with Gasteiger partial charge in [0.2, 0.25) is 5.72 Å². The van der Waals surface area contributed by atoms with E-state index < -0.39 is 55.9 Å². The molecule has 3 heterocycles. The average molecular weight is 516 g/mol. The first-order valence-corrected chi connectivity index (χ1v) is 11.7. The van der Waals surface area contributed by atoms with E-state index in [4.69, 9.17) is 35.4 Å². The number of aliphatic hydroxyl groups is 2. The Morgan fingerprint density at radius 3 is 2.74 bits per heavy atom. The molecule has 4 rings (SSSR count). The van der Waals surface area contributed by atoms with E-state index in [-0.39, 0.29) is 6.61 Å². The van der Waals surface area contributed by atoms with Crippen molar-refractivity contribution in [1.29, 1.82) is 0 Å². The lowest BCUT2D eigenvalue weighted by molar-refractivity contribution is -0.127. The summed E-state index contributed by atoms with van der Waals surface area (Å²) in [6.45, 7) is -0.838. The number of nitrogens with one attached hydrogen (secondary N) is 1. The minimum absolute atomic E-state index is 0.0144. The van der Waals surface area contributed by atoms with E-state index in [1.54, 1.807) is 24.3 Å². The molecule has 2 aliphatic rings. The number of ether oxygens (including phenoxy) is 1. The lowest BCUT2D eigenvalue weighted by Gasteiger charge is -2.32. The van der Waals surface area contributed by atoms with Gasteiger partial charge in [-0.3, -0.25) is 27.9 Å². The van der Waals surface area contributed by atoms with Crippen molar-refractivity contribution in [2.24, 2.45) is 5.11 Å². The van der Waals surface area contributed by atoms with Gasteiger partial charge in [0.15, 0.2) is 6.23 Å². The zero-order valence-corrected chi connectivity index (χ0v) is 18.9. The molecular weight excluding hydrogens is 497 g/mol. The number of aliphatic hydroxyl groups excluding tert-OH is 2. The SMILES string of the molecule is [N-]=[N+]=N[C@]1(COP2(=O)OCC[C@@H](c3ccc(Cl)cc3)O2)O[C@@H](n2ccc(=O)[nH]c2=O)[C@H](O)[C@@H]1O. The van der Waals surface area contributed by atoms with Crippen LogP contribution in [0.15, 0.2) is 51.2 Å². The molecule has 1 aromatic heterocycles. The fraction of sp³-hybridized carbons (Fsp3) is 0.444. The summed E-state index contributed by atoms with van der Waals surface area (Å²) in [6, 6.07) is 7.66. The van der Waals surface area contributed by atoms with Gasteiger partial charge in [0.1, 0.15) is 12.2 Å². The number of phosphoric acid groups is 1. The highest BCUT2D eigenvalue weighted by Gasteiger charge is 2.56.